The first-order valence-electron chi connectivity index (χ1n) is 7.06. The Balaban J connectivity index is 1.91. The van der Waals surface area contributed by atoms with Crippen molar-refractivity contribution >= 4 is 28.8 Å². The first-order chi connectivity index (χ1) is 11.5. The number of hydrogen-bond acceptors (Lipinski definition) is 6. The molecule has 0 aliphatic carbocycles. The quantitative estimate of drug-likeness (QED) is 0.679. The molecule has 0 atom stereocenters. The molecule has 24 heavy (non-hydrogen) atoms. The fourth-order valence-electron chi connectivity index (χ4n) is 2.04. The van der Waals surface area contributed by atoms with Crippen LogP contribution in [-0.4, -0.2) is 15.0 Å². The standard InChI is InChI=1S/C16H14F2N6/c1-9-3-2-6-20-14(9)24-16-13(19)15(21-8-22-16)23-12-7-10(17)4-5-11(12)18/h2-8H,19H2,1H3,(H2,20,21,22,23,24). The summed E-state index contributed by atoms with van der Waals surface area (Å²) >= 11 is 0. The number of benzene rings is 1. The van der Waals surface area contributed by atoms with E-state index in [1.165, 1.54) is 6.33 Å². The maximum atomic E-state index is 13.7. The molecule has 0 unspecified atom stereocenters. The molecule has 2 heterocycles. The minimum absolute atomic E-state index is 0.0691. The largest absolute Gasteiger partial charge is 0.393 e. The Morgan fingerprint density at radius 1 is 0.958 bits per heavy atom. The van der Waals surface area contributed by atoms with Gasteiger partial charge in [0.1, 0.15) is 29.5 Å². The average Bonchev–Trinajstić information content (AvgIpc) is 2.56. The van der Waals surface area contributed by atoms with Crippen LogP contribution in [0.4, 0.5) is 37.6 Å². The molecule has 122 valence electrons. The molecule has 8 heteroatoms. The highest BCUT2D eigenvalue weighted by atomic mass is 19.1. The second kappa shape index (κ2) is 6.45. The molecule has 0 saturated carbocycles. The number of anilines is 5. The van der Waals surface area contributed by atoms with Gasteiger partial charge < -0.3 is 16.4 Å². The third-order valence-electron chi connectivity index (χ3n) is 3.31. The molecule has 0 aliphatic rings. The number of hydrogen-bond donors (Lipinski definition) is 3. The van der Waals surface area contributed by atoms with Gasteiger partial charge in [0.25, 0.3) is 0 Å². The summed E-state index contributed by atoms with van der Waals surface area (Å²) in [4.78, 5) is 12.2. The van der Waals surface area contributed by atoms with Gasteiger partial charge in [-0.15, -0.1) is 0 Å². The molecule has 0 amide bonds. The van der Waals surface area contributed by atoms with E-state index in [1.54, 1.807) is 6.20 Å². The van der Waals surface area contributed by atoms with Crippen LogP contribution < -0.4 is 16.4 Å². The van der Waals surface area contributed by atoms with Crippen molar-refractivity contribution in [3.05, 3.63) is 60.1 Å². The smallest absolute Gasteiger partial charge is 0.160 e. The summed E-state index contributed by atoms with van der Waals surface area (Å²) in [7, 11) is 0. The van der Waals surface area contributed by atoms with Gasteiger partial charge in [-0.25, -0.2) is 23.7 Å². The molecule has 0 bridgehead atoms. The normalized spacial score (nSPS) is 10.5. The second-order valence-electron chi connectivity index (χ2n) is 5.03. The van der Waals surface area contributed by atoms with Gasteiger partial charge in [0.2, 0.25) is 0 Å². The van der Waals surface area contributed by atoms with Gasteiger partial charge >= 0.3 is 0 Å². The first kappa shape index (κ1) is 15.6. The number of nitrogens with one attached hydrogen (secondary N) is 2. The van der Waals surface area contributed by atoms with Crippen molar-refractivity contribution in [1.82, 2.24) is 15.0 Å². The second-order valence-corrected chi connectivity index (χ2v) is 5.03. The van der Waals surface area contributed by atoms with Gasteiger partial charge in [-0.1, -0.05) is 6.07 Å². The number of halogens is 2. The lowest BCUT2D eigenvalue weighted by molar-refractivity contribution is 0.603. The number of nitrogen functional groups attached to an aromatic ring is 1. The minimum Gasteiger partial charge on any atom is -0.393 e. The summed E-state index contributed by atoms with van der Waals surface area (Å²) in [5, 5.41) is 5.67. The molecule has 0 aliphatic heterocycles. The third-order valence-corrected chi connectivity index (χ3v) is 3.31. The highest BCUT2D eigenvalue weighted by Gasteiger charge is 2.12. The number of nitrogens with two attached hydrogens (primary N) is 1. The Morgan fingerprint density at radius 2 is 1.71 bits per heavy atom. The number of rotatable bonds is 4. The SMILES string of the molecule is Cc1cccnc1Nc1ncnc(Nc2cc(F)ccc2F)c1N. The molecule has 3 aromatic rings. The van der Waals surface area contributed by atoms with Crippen molar-refractivity contribution in [3.63, 3.8) is 0 Å². The van der Waals surface area contributed by atoms with E-state index in [0.29, 0.717) is 11.6 Å². The first-order valence-corrected chi connectivity index (χ1v) is 7.06. The Kier molecular flexibility index (Phi) is 4.19. The van der Waals surface area contributed by atoms with E-state index in [0.717, 1.165) is 23.8 Å². The van der Waals surface area contributed by atoms with E-state index in [-0.39, 0.29) is 17.2 Å². The molecule has 3 rings (SSSR count). The Morgan fingerprint density at radius 3 is 2.46 bits per heavy atom. The van der Waals surface area contributed by atoms with Gasteiger partial charge in [-0.3, -0.25) is 0 Å². The fraction of sp³-hybridized carbons (Fsp3) is 0.0625. The maximum Gasteiger partial charge on any atom is 0.160 e. The van der Waals surface area contributed by atoms with Crippen LogP contribution in [0.25, 0.3) is 0 Å². The zero-order chi connectivity index (χ0) is 17.1. The summed E-state index contributed by atoms with van der Waals surface area (Å²) in [5.74, 6) is -0.138. The lowest BCUT2D eigenvalue weighted by Crippen LogP contribution is -2.07. The van der Waals surface area contributed by atoms with Gasteiger partial charge in [0.15, 0.2) is 11.6 Å². The topological polar surface area (TPSA) is 88.8 Å². The zero-order valence-corrected chi connectivity index (χ0v) is 12.7. The van der Waals surface area contributed by atoms with Crippen LogP contribution in [0.1, 0.15) is 5.56 Å². The number of nitrogens with zero attached hydrogens (tertiary/aromatic N) is 3. The van der Waals surface area contributed by atoms with Gasteiger partial charge in [0, 0.05) is 12.3 Å². The minimum atomic E-state index is -0.621. The van der Waals surface area contributed by atoms with Crippen molar-refractivity contribution in [2.45, 2.75) is 6.92 Å². The van der Waals surface area contributed by atoms with Crippen LogP contribution in [0.15, 0.2) is 42.9 Å². The summed E-state index contributed by atoms with van der Waals surface area (Å²) in [6, 6.07) is 6.76. The van der Waals surface area contributed by atoms with Crippen LogP contribution in [-0.2, 0) is 0 Å². The summed E-state index contributed by atoms with van der Waals surface area (Å²) < 4.78 is 27.0. The molecule has 0 fully saturated rings. The van der Waals surface area contributed by atoms with Gasteiger partial charge in [-0.05, 0) is 30.7 Å². The molecule has 0 spiro atoms. The molecule has 1 aromatic carbocycles. The Hall–Kier alpha value is -3.29. The molecule has 0 radical (unpaired) electrons. The monoisotopic (exact) mass is 328 g/mol. The fourth-order valence-corrected chi connectivity index (χ4v) is 2.04. The summed E-state index contributed by atoms with van der Waals surface area (Å²) in [6.07, 6.45) is 2.89. The summed E-state index contributed by atoms with van der Waals surface area (Å²) in [5.41, 5.74) is 7.02. The van der Waals surface area contributed by atoms with Gasteiger partial charge in [0.05, 0.1) is 5.69 Å². The molecular formula is C16H14F2N6. The van der Waals surface area contributed by atoms with Crippen LogP contribution in [0.2, 0.25) is 0 Å². The predicted molar refractivity (Wildman–Crippen MR) is 88.3 cm³/mol. The number of aromatic nitrogens is 3. The van der Waals surface area contributed by atoms with E-state index in [2.05, 4.69) is 25.6 Å². The number of aryl methyl sites for hydroxylation is 1. The highest BCUT2D eigenvalue weighted by molar-refractivity contribution is 5.80. The van der Waals surface area contributed by atoms with E-state index >= 15 is 0 Å². The molecule has 0 saturated heterocycles. The van der Waals surface area contributed by atoms with E-state index in [9.17, 15) is 8.78 Å². The lowest BCUT2D eigenvalue weighted by Gasteiger charge is -2.13. The van der Waals surface area contributed by atoms with Crippen LogP contribution in [0.3, 0.4) is 0 Å². The van der Waals surface area contributed by atoms with Crippen molar-refractivity contribution in [2.24, 2.45) is 0 Å². The average molecular weight is 328 g/mol. The molecular weight excluding hydrogens is 314 g/mol. The van der Waals surface area contributed by atoms with Crippen molar-refractivity contribution in [1.29, 1.82) is 0 Å². The third kappa shape index (κ3) is 3.22. The lowest BCUT2D eigenvalue weighted by atomic mass is 10.2. The van der Waals surface area contributed by atoms with Crippen molar-refractivity contribution in [2.75, 3.05) is 16.4 Å². The zero-order valence-electron chi connectivity index (χ0n) is 12.7. The van der Waals surface area contributed by atoms with Crippen LogP contribution in [0, 0.1) is 18.6 Å². The van der Waals surface area contributed by atoms with Crippen LogP contribution in [0.5, 0.6) is 0 Å². The summed E-state index contributed by atoms with van der Waals surface area (Å²) in [6.45, 7) is 1.88. The van der Waals surface area contributed by atoms with Gasteiger partial charge in [-0.2, -0.15) is 0 Å². The Bertz CT molecular complexity index is 884. The van der Waals surface area contributed by atoms with E-state index in [1.807, 2.05) is 19.1 Å². The Labute approximate surface area is 136 Å². The molecule has 4 N–H and O–H groups in total. The predicted octanol–water partition coefficient (Wildman–Crippen LogP) is 3.53. The highest BCUT2D eigenvalue weighted by Crippen LogP contribution is 2.29. The van der Waals surface area contributed by atoms with Crippen LogP contribution >= 0.6 is 0 Å². The van der Waals surface area contributed by atoms with E-state index in [4.69, 9.17) is 5.73 Å². The van der Waals surface area contributed by atoms with Crippen molar-refractivity contribution < 1.29 is 8.78 Å². The maximum absolute atomic E-state index is 13.7. The molecule has 2 aromatic heterocycles. The van der Waals surface area contributed by atoms with E-state index < -0.39 is 11.6 Å². The van der Waals surface area contributed by atoms with Crippen molar-refractivity contribution in [3.8, 4) is 0 Å². The number of pyridine rings is 1. The molecule has 6 nitrogen and oxygen atoms in total.